The van der Waals surface area contributed by atoms with Gasteiger partial charge in [-0.05, 0) is 49.2 Å². The summed E-state index contributed by atoms with van der Waals surface area (Å²) in [7, 11) is 1.58. The van der Waals surface area contributed by atoms with E-state index in [0.717, 1.165) is 16.7 Å². The largest absolute Gasteiger partial charge is 0.507 e. The normalized spacial score (nSPS) is 16.9. The van der Waals surface area contributed by atoms with Crippen molar-refractivity contribution in [2.24, 2.45) is 0 Å². The summed E-state index contributed by atoms with van der Waals surface area (Å²) in [6.07, 6.45) is 0.876. The number of Topliss-reactive ketones (excluding diaryl/α,β-unsaturated/α-hetero) is 1. The van der Waals surface area contributed by atoms with Gasteiger partial charge < -0.3 is 14.6 Å². The zero-order chi connectivity index (χ0) is 26.1. The Morgan fingerprint density at radius 3 is 2.41 bits per heavy atom. The fraction of sp³-hybridized carbons (Fsp3) is 0.207. The van der Waals surface area contributed by atoms with Gasteiger partial charge in [0, 0.05) is 5.56 Å². The molecule has 8 heteroatoms. The summed E-state index contributed by atoms with van der Waals surface area (Å²) >= 11 is 1.29. The fourth-order valence-corrected chi connectivity index (χ4v) is 5.32. The number of methoxy groups -OCH3 is 1. The number of carbonyl (C=O) groups is 2. The monoisotopic (exact) mass is 514 g/mol. The first-order chi connectivity index (χ1) is 17.9. The zero-order valence-electron chi connectivity index (χ0n) is 20.7. The Labute approximate surface area is 218 Å². The van der Waals surface area contributed by atoms with Crippen LogP contribution in [0.5, 0.6) is 11.5 Å². The number of hydrogen-bond acceptors (Lipinski definition) is 7. The maximum absolute atomic E-state index is 13.4. The number of aliphatic hydroxyl groups excluding tert-OH is 1. The van der Waals surface area contributed by atoms with Crippen LogP contribution in [0.3, 0.4) is 0 Å². The number of carbonyl (C=O) groups excluding carboxylic acids is 2. The number of anilines is 1. The third-order valence-corrected chi connectivity index (χ3v) is 7.25. The summed E-state index contributed by atoms with van der Waals surface area (Å²) in [4.78, 5) is 32.9. The van der Waals surface area contributed by atoms with E-state index < -0.39 is 17.7 Å². The molecule has 1 N–H and O–H groups in total. The molecule has 188 valence electrons. The fourth-order valence-electron chi connectivity index (χ4n) is 4.30. The van der Waals surface area contributed by atoms with Crippen molar-refractivity contribution < 1.29 is 24.2 Å². The Morgan fingerprint density at radius 2 is 1.73 bits per heavy atom. The van der Waals surface area contributed by atoms with E-state index >= 15 is 0 Å². The van der Waals surface area contributed by atoms with E-state index in [2.05, 4.69) is 4.98 Å². The molecule has 1 amide bonds. The van der Waals surface area contributed by atoms with Gasteiger partial charge in [-0.25, -0.2) is 4.98 Å². The minimum Gasteiger partial charge on any atom is -0.507 e. The molecule has 1 atom stereocenters. The van der Waals surface area contributed by atoms with Gasteiger partial charge in [0.05, 0.1) is 35.5 Å². The third kappa shape index (κ3) is 4.56. The van der Waals surface area contributed by atoms with Gasteiger partial charge in [-0.2, -0.15) is 0 Å². The molecule has 1 saturated heterocycles. The van der Waals surface area contributed by atoms with Crippen molar-refractivity contribution in [1.29, 1.82) is 0 Å². The standard InChI is InChI=1S/C29H26N2O5S/c1-4-15-36-20-11-9-18(10-12-20)25-24(26(32)19-7-5-17(2)6-8-19)27(33)28(34)31(25)29-30-22-14-13-21(35-3)16-23(22)37-29/h5-14,16,25,32H,4,15H2,1-3H3. The van der Waals surface area contributed by atoms with E-state index in [1.54, 1.807) is 37.4 Å². The lowest BCUT2D eigenvalue weighted by atomic mass is 9.95. The Morgan fingerprint density at radius 1 is 1.03 bits per heavy atom. The maximum Gasteiger partial charge on any atom is 0.301 e. The number of aryl methyl sites for hydroxylation is 1. The number of hydrogen-bond donors (Lipinski definition) is 1. The highest BCUT2D eigenvalue weighted by Crippen LogP contribution is 2.44. The van der Waals surface area contributed by atoms with Crippen molar-refractivity contribution in [3.63, 3.8) is 0 Å². The molecule has 3 aromatic carbocycles. The van der Waals surface area contributed by atoms with Crippen molar-refractivity contribution in [1.82, 2.24) is 4.98 Å². The molecule has 2 heterocycles. The van der Waals surface area contributed by atoms with Crippen LogP contribution in [0.4, 0.5) is 5.13 Å². The number of aliphatic hydroxyl groups is 1. The molecule has 0 bridgehead atoms. The number of rotatable bonds is 7. The molecule has 1 aliphatic heterocycles. The van der Waals surface area contributed by atoms with Gasteiger partial charge in [-0.15, -0.1) is 0 Å². The molecule has 4 aromatic rings. The lowest BCUT2D eigenvalue weighted by Crippen LogP contribution is -2.29. The number of benzene rings is 3. The van der Waals surface area contributed by atoms with E-state index in [9.17, 15) is 14.7 Å². The van der Waals surface area contributed by atoms with Crippen molar-refractivity contribution in [3.8, 4) is 11.5 Å². The van der Waals surface area contributed by atoms with Gasteiger partial charge in [0.15, 0.2) is 5.13 Å². The number of aromatic nitrogens is 1. The van der Waals surface area contributed by atoms with E-state index in [4.69, 9.17) is 9.47 Å². The van der Waals surface area contributed by atoms with E-state index in [0.29, 0.717) is 39.9 Å². The average Bonchev–Trinajstić information content (AvgIpc) is 3.45. The molecular weight excluding hydrogens is 488 g/mol. The van der Waals surface area contributed by atoms with Crippen molar-refractivity contribution in [3.05, 3.63) is 89.0 Å². The summed E-state index contributed by atoms with van der Waals surface area (Å²) < 4.78 is 11.9. The number of fused-ring (bicyclic) bond motifs is 1. The SMILES string of the molecule is CCCOc1ccc(C2C(=C(O)c3ccc(C)cc3)C(=O)C(=O)N2c2nc3ccc(OC)cc3s2)cc1. The second-order valence-corrected chi connectivity index (χ2v) is 9.79. The van der Waals surface area contributed by atoms with Crippen LogP contribution in [0, 0.1) is 6.92 Å². The maximum atomic E-state index is 13.4. The Kier molecular flexibility index (Phi) is 6.67. The summed E-state index contributed by atoms with van der Waals surface area (Å²) in [6, 6.07) is 19.0. The van der Waals surface area contributed by atoms with Crippen LogP contribution in [-0.4, -0.2) is 35.5 Å². The van der Waals surface area contributed by atoms with E-state index in [1.165, 1.54) is 16.2 Å². The average molecular weight is 515 g/mol. The van der Waals surface area contributed by atoms with Crippen molar-refractivity contribution in [2.45, 2.75) is 26.3 Å². The molecular formula is C29H26N2O5S. The number of nitrogens with zero attached hydrogens (tertiary/aromatic N) is 2. The number of ketones is 1. The summed E-state index contributed by atoms with van der Waals surface area (Å²) in [5.74, 6) is -0.362. The molecule has 1 aromatic heterocycles. The smallest absolute Gasteiger partial charge is 0.301 e. The molecule has 0 spiro atoms. The quantitative estimate of drug-likeness (QED) is 0.184. The Balaban J connectivity index is 1.66. The highest BCUT2D eigenvalue weighted by molar-refractivity contribution is 7.22. The van der Waals surface area contributed by atoms with Crippen LogP contribution < -0.4 is 14.4 Å². The lowest BCUT2D eigenvalue weighted by Gasteiger charge is -2.23. The summed E-state index contributed by atoms with van der Waals surface area (Å²) in [5.41, 5.74) is 2.84. The molecule has 0 aliphatic carbocycles. The highest BCUT2D eigenvalue weighted by atomic mass is 32.1. The van der Waals surface area contributed by atoms with Crippen LogP contribution in [0.2, 0.25) is 0 Å². The van der Waals surface area contributed by atoms with Crippen LogP contribution in [0.1, 0.15) is 36.1 Å². The van der Waals surface area contributed by atoms with Crippen molar-refractivity contribution in [2.75, 3.05) is 18.6 Å². The minimum atomic E-state index is -0.857. The zero-order valence-corrected chi connectivity index (χ0v) is 21.5. The topological polar surface area (TPSA) is 89.0 Å². The predicted molar refractivity (Wildman–Crippen MR) is 144 cm³/mol. The first-order valence-corrected chi connectivity index (χ1v) is 12.8. The Hall–Kier alpha value is -4.17. The molecule has 0 radical (unpaired) electrons. The second kappa shape index (κ2) is 10.1. The van der Waals surface area contributed by atoms with Crippen LogP contribution in [-0.2, 0) is 9.59 Å². The number of amides is 1. The van der Waals surface area contributed by atoms with Gasteiger partial charge >= 0.3 is 5.91 Å². The predicted octanol–water partition coefficient (Wildman–Crippen LogP) is 6.03. The molecule has 0 saturated carbocycles. The van der Waals surface area contributed by atoms with E-state index in [1.807, 2.05) is 50.2 Å². The number of thiazole rings is 1. The van der Waals surface area contributed by atoms with Gasteiger partial charge in [0.25, 0.3) is 5.78 Å². The Bertz CT molecular complexity index is 1510. The summed E-state index contributed by atoms with van der Waals surface area (Å²) in [6.45, 7) is 4.55. The highest BCUT2D eigenvalue weighted by Gasteiger charge is 2.48. The third-order valence-electron chi connectivity index (χ3n) is 6.23. The molecule has 5 rings (SSSR count). The van der Waals surface area contributed by atoms with Gasteiger partial charge in [0.2, 0.25) is 0 Å². The van der Waals surface area contributed by atoms with Crippen LogP contribution >= 0.6 is 11.3 Å². The molecule has 1 aliphatic rings. The molecule has 37 heavy (non-hydrogen) atoms. The lowest BCUT2D eigenvalue weighted by molar-refractivity contribution is -0.132. The van der Waals surface area contributed by atoms with Gasteiger partial charge in [-0.3, -0.25) is 14.5 Å². The second-order valence-electron chi connectivity index (χ2n) is 8.78. The molecule has 7 nitrogen and oxygen atoms in total. The van der Waals surface area contributed by atoms with Crippen LogP contribution in [0.15, 0.2) is 72.3 Å². The first-order valence-electron chi connectivity index (χ1n) is 12.0. The summed E-state index contributed by atoms with van der Waals surface area (Å²) in [5, 5.41) is 11.7. The van der Waals surface area contributed by atoms with Gasteiger partial charge in [0.1, 0.15) is 17.3 Å². The van der Waals surface area contributed by atoms with Gasteiger partial charge in [-0.1, -0.05) is 60.2 Å². The number of ether oxygens (including phenoxy) is 2. The minimum absolute atomic E-state index is 0.0212. The van der Waals surface area contributed by atoms with Crippen LogP contribution in [0.25, 0.3) is 16.0 Å². The molecule has 1 unspecified atom stereocenters. The van der Waals surface area contributed by atoms with E-state index in [-0.39, 0.29) is 11.3 Å². The molecule has 1 fully saturated rings. The van der Waals surface area contributed by atoms with Crippen molar-refractivity contribution >= 4 is 44.1 Å². The first kappa shape index (κ1) is 24.5.